The minimum absolute atomic E-state index is 0.0272. The molecule has 1 aliphatic rings. The third-order valence-electron chi connectivity index (χ3n) is 4.33. The molecule has 1 aromatic heterocycles. The maximum Gasteiger partial charge on any atom is 0.223 e. The van der Waals surface area contributed by atoms with Crippen molar-refractivity contribution in [2.45, 2.75) is 39.3 Å². The zero-order chi connectivity index (χ0) is 20.3. The zero-order valence-electron chi connectivity index (χ0n) is 15.6. The highest BCUT2D eigenvalue weighted by Crippen LogP contribution is 2.23. The second-order valence-corrected chi connectivity index (χ2v) is 7.55. The van der Waals surface area contributed by atoms with Gasteiger partial charge in [0.05, 0.1) is 6.54 Å². The van der Waals surface area contributed by atoms with Gasteiger partial charge in [-0.2, -0.15) is 0 Å². The van der Waals surface area contributed by atoms with Crippen molar-refractivity contribution in [2.24, 2.45) is 11.1 Å². The Kier molecular flexibility index (Phi) is 6.34. The first-order valence-electron chi connectivity index (χ1n) is 9.02. The van der Waals surface area contributed by atoms with Gasteiger partial charge in [-0.3, -0.25) is 4.79 Å². The first-order chi connectivity index (χ1) is 13.3. The topological polar surface area (TPSA) is 55.0 Å². The van der Waals surface area contributed by atoms with E-state index in [0.29, 0.717) is 24.3 Å². The quantitative estimate of drug-likeness (QED) is 0.660. The number of benzene rings is 1. The average Bonchev–Trinajstić information content (AvgIpc) is 3.24. The Labute approximate surface area is 166 Å². The molecule has 150 valence electrons. The number of amides is 1. The Morgan fingerprint density at radius 2 is 2.11 bits per heavy atom. The molecule has 0 aliphatic carbocycles. The molecule has 8 heteroatoms. The van der Waals surface area contributed by atoms with Crippen molar-refractivity contribution in [2.75, 3.05) is 6.54 Å². The molecule has 1 aliphatic heterocycles. The van der Waals surface area contributed by atoms with Crippen molar-refractivity contribution >= 4 is 23.2 Å². The van der Waals surface area contributed by atoms with Gasteiger partial charge in [-0.15, -0.1) is 0 Å². The fraction of sp³-hybridized carbons (Fsp3) is 0.400. The van der Waals surface area contributed by atoms with E-state index in [1.807, 2.05) is 13.8 Å². The number of halogens is 3. The number of oxime groups is 1. The second-order valence-electron chi connectivity index (χ2n) is 7.18. The van der Waals surface area contributed by atoms with Crippen LogP contribution >= 0.6 is 11.6 Å². The van der Waals surface area contributed by atoms with Crippen molar-refractivity contribution in [3.8, 4) is 0 Å². The Morgan fingerprint density at radius 3 is 2.75 bits per heavy atom. The van der Waals surface area contributed by atoms with Crippen molar-refractivity contribution < 1.29 is 22.8 Å². The van der Waals surface area contributed by atoms with Crippen LogP contribution in [0.1, 0.15) is 38.0 Å². The molecule has 2 aromatic rings. The minimum atomic E-state index is -0.683. The zero-order valence-corrected chi connectivity index (χ0v) is 16.4. The van der Waals surface area contributed by atoms with E-state index in [2.05, 4.69) is 5.16 Å². The van der Waals surface area contributed by atoms with Crippen LogP contribution in [0.3, 0.4) is 0 Å². The lowest BCUT2D eigenvalue weighted by Gasteiger charge is -2.26. The summed E-state index contributed by atoms with van der Waals surface area (Å²) in [5, 5.41) is 4.26. The molecule has 0 saturated heterocycles. The molecule has 1 aromatic carbocycles. The first-order valence-corrected chi connectivity index (χ1v) is 9.39. The maximum atomic E-state index is 14.1. The summed E-state index contributed by atoms with van der Waals surface area (Å²) in [6.07, 6.45) is 0.358. The third-order valence-corrected chi connectivity index (χ3v) is 4.53. The van der Waals surface area contributed by atoms with Gasteiger partial charge in [-0.1, -0.05) is 25.1 Å². The van der Waals surface area contributed by atoms with E-state index in [4.69, 9.17) is 20.9 Å². The fourth-order valence-electron chi connectivity index (χ4n) is 2.98. The lowest BCUT2D eigenvalue weighted by atomic mass is 10.1. The molecular formula is C20H21ClF2N2O3. The van der Waals surface area contributed by atoms with Gasteiger partial charge in [-0.05, 0) is 35.7 Å². The predicted octanol–water partition coefficient (Wildman–Crippen LogP) is 4.78. The van der Waals surface area contributed by atoms with Crippen LogP contribution in [-0.4, -0.2) is 29.2 Å². The van der Waals surface area contributed by atoms with Crippen molar-refractivity contribution in [3.63, 3.8) is 0 Å². The van der Waals surface area contributed by atoms with Crippen LogP contribution in [0.2, 0.25) is 5.22 Å². The Balaban J connectivity index is 1.70. The van der Waals surface area contributed by atoms with Gasteiger partial charge in [0.15, 0.2) is 17.1 Å². The first kappa shape index (κ1) is 20.3. The van der Waals surface area contributed by atoms with Crippen LogP contribution in [0.25, 0.3) is 0 Å². The lowest BCUT2D eigenvalue weighted by molar-refractivity contribution is -0.134. The summed E-state index contributed by atoms with van der Waals surface area (Å²) in [6, 6.07) is 6.65. The summed E-state index contributed by atoms with van der Waals surface area (Å²) < 4.78 is 32.6. The molecule has 5 nitrogen and oxygen atoms in total. The number of furan rings is 1. The SMILES string of the molecule is CC(C)CC(=O)N(Cc1ccc(F)cc1F)C[C@H]1CC(c2ccc(Cl)o2)=NO1. The molecule has 1 atom stereocenters. The Bertz CT molecular complexity index is 882. The molecule has 2 heterocycles. The highest BCUT2D eigenvalue weighted by atomic mass is 35.5. The van der Waals surface area contributed by atoms with E-state index >= 15 is 0 Å². The van der Waals surface area contributed by atoms with Gasteiger partial charge in [0.2, 0.25) is 5.91 Å². The normalized spacial score (nSPS) is 16.2. The van der Waals surface area contributed by atoms with E-state index in [1.54, 1.807) is 12.1 Å². The summed E-state index contributed by atoms with van der Waals surface area (Å²) in [4.78, 5) is 19.6. The molecule has 0 bridgehead atoms. The second kappa shape index (κ2) is 8.73. The van der Waals surface area contributed by atoms with E-state index in [0.717, 1.165) is 6.07 Å². The summed E-state index contributed by atoms with van der Waals surface area (Å²) in [5.74, 6) is -0.809. The molecule has 0 unspecified atom stereocenters. The summed E-state index contributed by atoms with van der Waals surface area (Å²) in [5.41, 5.74) is 0.844. The van der Waals surface area contributed by atoms with Gasteiger partial charge in [0, 0.05) is 31.0 Å². The number of carbonyl (C=O) groups is 1. The van der Waals surface area contributed by atoms with Crippen LogP contribution < -0.4 is 0 Å². The van der Waals surface area contributed by atoms with Crippen LogP contribution in [0.15, 0.2) is 39.9 Å². The van der Waals surface area contributed by atoms with Gasteiger partial charge < -0.3 is 14.2 Å². The van der Waals surface area contributed by atoms with E-state index < -0.39 is 17.7 Å². The fourth-order valence-corrected chi connectivity index (χ4v) is 3.12. The lowest BCUT2D eigenvalue weighted by Crippen LogP contribution is -2.38. The van der Waals surface area contributed by atoms with Gasteiger partial charge in [-0.25, -0.2) is 8.78 Å². The van der Waals surface area contributed by atoms with Crippen molar-refractivity contribution in [3.05, 3.63) is 58.5 Å². The van der Waals surface area contributed by atoms with E-state index in [9.17, 15) is 13.6 Å². The number of hydrogen-bond acceptors (Lipinski definition) is 4. The Hall–Kier alpha value is -2.41. The molecule has 0 fully saturated rings. The van der Waals surface area contributed by atoms with E-state index in [-0.39, 0.29) is 35.7 Å². The number of hydrogen-bond donors (Lipinski definition) is 0. The van der Waals surface area contributed by atoms with Crippen molar-refractivity contribution in [1.82, 2.24) is 4.90 Å². The highest BCUT2D eigenvalue weighted by Gasteiger charge is 2.28. The maximum absolute atomic E-state index is 14.1. The van der Waals surface area contributed by atoms with Gasteiger partial charge in [0.1, 0.15) is 17.3 Å². The standard InChI is InChI=1S/C20H21ClF2N2O3/c1-12(2)7-20(26)25(10-13-3-4-14(22)8-16(13)23)11-15-9-17(24-28-15)18-5-6-19(21)27-18/h3-6,8,12,15H,7,9-11H2,1-2H3/t15-/m1/s1. The number of rotatable bonds is 7. The largest absolute Gasteiger partial charge is 0.443 e. The molecule has 0 spiro atoms. The number of carbonyl (C=O) groups excluding carboxylic acids is 1. The van der Waals surface area contributed by atoms with Crippen molar-refractivity contribution in [1.29, 1.82) is 0 Å². The van der Waals surface area contributed by atoms with Crippen LogP contribution in [0, 0.1) is 17.6 Å². The molecule has 0 saturated carbocycles. The molecular weight excluding hydrogens is 390 g/mol. The average molecular weight is 411 g/mol. The molecule has 0 radical (unpaired) electrons. The summed E-state index contributed by atoms with van der Waals surface area (Å²) in [7, 11) is 0. The van der Waals surface area contributed by atoms with Crippen LogP contribution in [0.5, 0.6) is 0 Å². The predicted molar refractivity (Wildman–Crippen MR) is 101 cm³/mol. The Morgan fingerprint density at radius 1 is 1.32 bits per heavy atom. The van der Waals surface area contributed by atoms with Gasteiger partial charge >= 0.3 is 0 Å². The van der Waals surface area contributed by atoms with E-state index in [1.165, 1.54) is 17.0 Å². The summed E-state index contributed by atoms with van der Waals surface area (Å²) >= 11 is 5.79. The van der Waals surface area contributed by atoms with Crippen LogP contribution in [-0.2, 0) is 16.2 Å². The minimum Gasteiger partial charge on any atom is -0.443 e. The monoisotopic (exact) mass is 410 g/mol. The molecule has 0 N–H and O–H groups in total. The third kappa shape index (κ3) is 5.10. The molecule has 1 amide bonds. The smallest absolute Gasteiger partial charge is 0.223 e. The summed E-state index contributed by atoms with van der Waals surface area (Å²) in [6.45, 7) is 4.12. The van der Waals surface area contributed by atoms with Gasteiger partial charge in [0.25, 0.3) is 0 Å². The molecule has 3 rings (SSSR count). The molecule has 28 heavy (non-hydrogen) atoms. The number of nitrogens with zero attached hydrogens (tertiary/aromatic N) is 2. The highest BCUT2D eigenvalue weighted by molar-refractivity contribution is 6.29. The van der Waals surface area contributed by atoms with Crippen LogP contribution in [0.4, 0.5) is 8.78 Å².